The number of hydrogen-bond acceptors (Lipinski definition) is 4. The molecule has 2 heterocycles. The van der Waals surface area contributed by atoms with Crippen molar-refractivity contribution in [2.45, 2.75) is 25.5 Å². The number of ether oxygens (including phenoxy) is 1. The molecule has 3 rings (SSSR count). The fourth-order valence-electron chi connectivity index (χ4n) is 2.87. The fourth-order valence-corrected chi connectivity index (χ4v) is 3.77. The van der Waals surface area contributed by atoms with Crippen molar-refractivity contribution in [3.05, 3.63) is 51.4 Å². The number of thiophene rings is 1. The van der Waals surface area contributed by atoms with Crippen molar-refractivity contribution >= 4 is 34.5 Å². The lowest BCUT2D eigenvalue weighted by molar-refractivity contribution is -0.117. The van der Waals surface area contributed by atoms with Gasteiger partial charge in [0, 0.05) is 29.6 Å². The van der Waals surface area contributed by atoms with E-state index in [1.807, 2.05) is 22.4 Å². The fraction of sp³-hybridized carbons (Fsp3) is 0.389. The van der Waals surface area contributed by atoms with E-state index in [2.05, 4.69) is 5.32 Å². The van der Waals surface area contributed by atoms with Crippen LogP contribution in [0.5, 0.6) is 0 Å². The zero-order valence-corrected chi connectivity index (χ0v) is 15.3. The third-order valence-corrected chi connectivity index (χ3v) is 5.11. The molecule has 0 saturated carbocycles. The Morgan fingerprint density at radius 3 is 3.00 bits per heavy atom. The number of nitrogens with zero attached hydrogens (tertiary/aromatic N) is 1. The predicted octanol–water partition coefficient (Wildman–Crippen LogP) is 4.16. The van der Waals surface area contributed by atoms with Gasteiger partial charge >= 0.3 is 0 Å². The maximum Gasteiger partial charge on any atom is 0.238 e. The second-order valence-electron chi connectivity index (χ2n) is 6.06. The molecule has 2 aromatic rings. The van der Waals surface area contributed by atoms with Crippen molar-refractivity contribution in [3.63, 3.8) is 0 Å². The monoisotopic (exact) mass is 382 g/mol. The number of halogens is 2. The van der Waals surface area contributed by atoms with Crippen molar-refractivity contribution in [1.29, 1.82) is 0 Å². The summed E-state index contributed by atoms with van der Waals surface area (Å²) in [6.45, 7) is 2.32. The Hall–Kier alpha value is -1.47. The average molecular weight is 383 g/mol. The third kappa shape index (κ3) is 5.51. The van der Waals surface area contributed by atoms with Crippen LogP contribution in [0.15, 0.2) is 35.7 Å². The lowest BCUT2D eigenvalue weighted by atomic mass is 10.2. The van der Waals surface area contributed by atoms with Crippen LogP contribution >= 0.6 is 22.9 Å². The second kappa shape index (κ2) is 8.76. The molecule has 0 bridgehead atoms. The van der Waals surface area contributed by atoms with E-state index < -0.39 is 5.82 Å². The number of carbonyl (C=O) groups excluding carboxylic acids is 1. The number of nitrogens with one attached hydrogen (secondary N) is 1. The summed E-state index contributed by atoms with van der Waals surface area (Å²) in [5, 5.41) is 4.94. The number of benzene rings is 1. The van der Waals surface area contributed by atoms with E-state index in [4.69, 9.17) is 16.3 Å². The van der Waals surface area contributed by atoms with Gasteiger partial charge < -0.3 is 10.1 Å². The van der Waals surface area contributed by atoms with E-state index in [0.29, 0.717) is 18.1 Å². The summed E-state index contributed by atoms with van der Waals surface area (Å²) in [7, 11) is 0. The topological polar surface area (TPSA) is 41.6 Å². The van der Waals surface area contributed by atoms with Crippen LogP contribution in [0.3, 0.4) is 0 Å². The van der Waals surface area contributed by atoms with Gasteiger partial charge in [-0.3, -0.25) is 9.69 Å². The molecule has 1 aromatic heterocycles. The number of anilines is 1. The second-order valence-corrected chi connectivity index (χ2v) is 7.53. The highest BCUT2D eigenvalue weighted by Gasteiger charge is 2.21. The van der Waals surface area contributed by atoms with Crippen molar-refractivity contribution in [2.75, 3.05) is 25.0 Å². The van der Waals surface area contributed by atoms with Gasteiger partial charge in [-0.25, -0.2) is 4.39 Å². The highest BCUT2D eigenvalue weighted by Crippen LogP contribution is 2.20. The van der Waals surface area contributed by atoms with Gasteiger partial charge in [-0.15, -0.1) is 11.3 Å². The Kier molecular flexibility index (Phi) is 6.42. The van der Waals surface area contributed by atoms with Crippen molar-refractivity contribution in [2.24, 2.45) is 0 Å². The van der Waals surface area contributed by atoms with Gasteiger partial charge in [0.15, 0.2) is 0 Å². The summed E-state index contributed by atoms with van der Waals surface area (Å²) in [5.74, 6) is -0.791. The molecule has 134 valence electrons. The number of amides is 1. The molecule has 1 fully saturated rings. The number of carbonyl (C=O) groups is 1. The molecule has 0 spiro atoms. The third-order valence-electron chi connectivity index (χ3n) is 4.02. The average Bonchev–Trinajstić information content (AvgIpc) is 3.24. The zero-order chi connectivity index (χ0) is 17.6. The molecule has 0 radical (unpaired) electrons. The van der Waals surface area contributed by atoms with Crippen LogP contribution in [-0.4, -0.2) is 36.6 Å². The Balaban J connectivity index is 1.62. The first-order chi connectivity index (χ1) is 12.1. The van der Waals surface area contributed by atoms with Crippen molar-refractivity contribution in [1.82, 2.24) is 4.90 Å². The SMILES string of the molecule is O=C(CN(Cc1cccs1)CC1CCCO1)Nc1ccc(Cl)cc1F. The summed E-state index contributed by atoms with van der Waals surface area (Å²) < 4.78 is 19.5. The molecule has 1 aliphatic rings. The van der Waals surface area contributed by atoms with Gasteiger partial charge in [0.2, 0.25) is 5.91 Å². The highest BCUT2D eigenvalue weighted by molar-refractivity contribution is 7.09. The molecule has 7 heteroatoms. The molecular weight excluding hydrogens is 363 g/mol. The normalized spacial score (nSPS) is 17.2. The molecule has 1 amide bonds. The van der Waals surface area contributed by atoms with E-state index in [-0.39, 0.29) is 24.2 Å². The van der Waals surface area contributed by atoms with Gasteiger partial charge in [0.25, 0.3) is 0 Å². The quantitative estimate of drug-likeness (QED) is 0.781. The molecule has 25 heavy (non-hydrogen) atoms. The molecule has 4 nitrogen and oxygen atoms in total. The Labute approximate surface area is 155 Å². The number of rotatable bonds is 7. The van der Waals surface area contributed by atoms with Crippen molar-refractivity contribution in [3.8, 4) is 0 Å². The Bertz CT molecular complexity index is 705. The minimum Gasteiger partial charge on any atom is -0.377 e. The minimum absolute atomic E-state index is 0.141. The van der Waals surface area contributed by atoms with Crippen LogP contribution in [0.1, 0.15) is 17.7 Å². The van der Waals surface area contributed by atoms with E-state index in [0.717, 1.165) is 19.4 Å². The van der Waals surface area contributed by atoms with Gasteiger partial charge in [0.05, 0.1) is 18.3 Å². The zero-order valence-electron chi connectivity index (χ0n) is 13.7. The molecule has 1 aliphatic heterocycles. The van der Waals surface area contributed by atoms with Crippen LogP contribution in [0, 0.1) is 5.82 Å². The maximum atomic E-state index is 13.8. The summed E-state index contributed by atoms with van der Waals surface area (Å²) in [5.41, 5.74) is 0.141. The summed E-state index contributed by atoms with van der Waals surface area (Å²) >= 11 is 7.39. The molecule has 1 aromatic carbocycles. The first kappa shape index (κ1) is 18.3. The summed E-state index contributed by atoms with van der Waals surface area (Å²) in [6.07, 6.45) is 2.22. The Morgan fingerprint density at radius 1 is 1.44 bits per heavy atom. The van der Waals surface area contributed by atoms with E-state index >= 15 is 0 Å². The van der Waals surface area contributed by atoms with Crippen LogP contribution in [0.25, 0.3) is 0 Å². The van der Waals surface area contributed by atoms with E-state index in [9.17, 15) is 9.18 Å². The van der Waals surface area contributed by atoms with Crippen molar-refractivity contribution < 1.29 is 13.9 Å². The van der Waals surface area contributed by atoms with Crippen LogP contribution in [-0.2, 0) is 16.1 Å². The lowest BCUT2D eigenvalue weighted by Gasteiger charge is -2.24. The minimum atomic E-state index is -0.537. The van der Waals surface area contributed by atoms with Crippen LogP contribution < -0.4 is 5.32 Å². The molecule has 1 saturated heterocycles. The first-order valence-electron chi connectivity index (χ1n) is 8.21. The first-order valence-corrected chi connectivity index (χ1v) is 9.47. The largest absolute Gasteiger partial charge is 0.377 e. The molecule has 1 atom stereocenters. The molecule has 1 unspecified atom stereocenters. The van der Waals surface area contributed by atoms with Gasteiger partial charge in [-0.05, 0) is 42.5 Å². The van der Waals surface area contributed by atoms with Gasteiger partial charge in [-0.2, -0.15) is 0 Å². The smallest absolute Gasteiger partial charge is 0.238 e. The lowest BCUT2D eigenvalue weighted by Crippen LogP contribution is -2.37. The molecular formula is C18H20ClFN2O2S. The predicted molar refractivity (Wildman–Crippen MR) is 98.6 cm³/mol. The summed E-state index contributed by atoms with van der Waals surface area (Å²) in [6, 6.07) is 8.25. The Morgan fingerprint density at radius 2 is 2.32 bits per heavy atom. The highest BCUT2D eigenvalue weighted by atomic mass is 35.5. The van der Waals surface area contributed by atoms with Gasteiger partial charge in [0.1, 0.15) is 5.82 Å². The summed E-state index contributed by atoms with van der Waals surface area (Å²) in [4.78, 5) is 15.6. The number of hydrogen-bond donors (Lipinski definition) is 1. The van der Waals surface area contributed by atoms with Crippen LogP contribution in [0.2, 0.25) is 5.02 Å². The van der Waals surface area contributed by atoms with E-state index in [1.54, 1.807) is 17.4 Å². The maximum absolute atomic E-state index is 13.8. The standard InChI is InChI=1S/C18H20ClFN2O2S/c19-13-5-6-17(16(20)9-13)21-18(23)12-22(10-14-3-1-7-24-14)11-15-4-2-8-25-15/h2,4-6,8-9,14H,1,3,7,10-12H2,(H,21,23). The van der Waals surface area contributed by atoms with Crippen LogP contribution in [0.4, 0.5) is 10.1 Å². The molecule has 0 aliphatic carbocycles. The van der Waals surface area contributed by atoms with Gasteiger partial charge in [-0.1, -0.05) is 17.7 Å². The molecule has 1 N–H and O–H groups in total. The van der Waals surface area contributed by atoms with E-state index in [1.165, 1.54) is 17.0 Å².